The molecule has 0 aliphatic rings. The van der Waals surface area contributed by atoms with Crippen LogP contribution in [0.15, 0.2) is 45.8 Å². The molecule has 0 saturated heterocycles. The lowest BCUT2D eigenvalue weighted by molar-refractivity contribution is 0.228. The molecule has 0 aliphatic heterocycles. The van der Waals surface area contributed by atoms with E-state index in [1.807, 2.05) is 6.07 Å². The Morgan fingerprint density at radius 3 is 2.52 bits per heavy atom. The minimum Gasteiger partial charge on any atom is -0.381 e. The van der Waals surface area contributed by atoms with Crippen molar-refractivity contribution in [2.45, 2.75) is 19.9 Å². The zero-order valence-corrected chi connectivity index (χ0v) is 15.4. The van der Waals surface area contributed by atoms with Gasteiger partial charge in [-0.1, -0.05) is 44.2 Å². The van der Waals surface area contributed by atoms with Gasteiger partial charge in [-0.15, -0.1) is 0 Å². The largest absolute Gasteiger partial charge is 0.381 e. The molecule has 2 aromatic rings. The number of likely N-dealkylation sites (N-methyl/N-ethyl adjacent to an activating group) is 1. The average molecular weight is 379 g/mol. The third-order valence-electron chi connectivity index (χ3n) is 4.00. The monoisotopic (exact) mass is 378 g/mol. The molecule has 0 spiro atoms. The van der Waals surface area contributed by atoms with Crippen LogP contribution in [0.2, 0.25) is 0 Å². The Hall–Kier alpha value is -1.66. The summed E-state index contributed by atoms with van der Waals surface area (Å²) in [5.41, 5.74) is 1.84. The fraction of sp³-hybridized carbons (Fsp3) is 0.412. The van der Waals surface area contributed by atoms with Gasteiger partial charge in [-0.25, -0.2) is 4.68 Å². The molecule has 0 amide bonds. The number of hydrogen-bond acceptors (Lipinski definition) is 4. The minimum atomic E-state index is -0.144. The van der Waals surface area contributed by atoms with Gasteiger partial charge in [0.25, 0.3) is 5.56 Å². The summed E-state index contributed by atoms with van der Waals surface area (Å²) in [6.45, 7) is 6.96. The van der Waals surface area contributed by atoms with E-state index in [-0.39, 0.29) is 11.6 Å². The van der Waals surface area contributed by atoms with Crippen molar-refractivity contribution in [2.24, 2.45) is 7.05 Å². The van der Waals surface area contributed by atoms with E-state index in [9.17, 15) is 4.79 Å². The number of aromatic nitrogens is 2. The zero-order chi connectivity index (χ0) is 16.8. The molecule has 6 heteroatoms. The van der Waals surface area contributed by atoms with Crippen LogP contribution in [0.25, 0.3) is 0 Å². The summed E-state index contributed by atoms with van der Waals surface area (Å²) in [6.07, 6.45) is 1.68. The highest BCUT2D eigenvalue weighted by Crippen LogP contribution is 2.23. The summed E-state index contributed by atoms with van der Waals surface area (Å²) in [6, 6.07) is 10.7. The van der Waals surface area contributed by atoms with E-state index >= 15 is 0 Å². The predicted molar refractivity (Wildman–Crippen MR) is 97.8 cm³/mol. The number of anilines is 1. The Labute approximate surface area is 145 Å². The van der Waals surface area contributed by atoms with E-state index in [0.29, 0.717) is 11.0 Å². The summed E-state index contributed by atoms with van der Waals surface area (Å²) in [5.74, 6) is 0. The van der Waals surface area contributed by atoms with Crippen LogP contribution >= 0.6 is 15.9 Å². The van der Waals surface area contributed by atoms with Crippen molar-refractivity contribution >= 4 is 21.6 Å². The third kappa shape index (κ3) is 4.20. The molecule has 1 aromatic heterocycles. The molecule has 1 heterocycles. The Bertz CT molecular complexity index is 683. The van der Waals surface area contributed by atoms with Crippen molar-refractivity contribution < 1.29 is 0 Å². The lowest BCUT2D eigenvalue weighted by Crippen LogP contribution is -2.33. The molecule has 2 rings (SSSR count). The van der Waals surface area contributed by atoms with Crippen LogP contribution in [0.3, 0.4) is 0 Å². The normalized spacial score (nSPS) is 12.4. The van der Waals surface area contributed by atoms with Gasteiger partial charge in [0, 0.05) is 13.6 Å². The fourth-order valence-electron chi connectivity index (χ4n) is 2.64. The first-order valence-corrected chi connectivity index (χ1v) is 8.62. The number of aryl methyl sites for hydroxylation is 1. The molecule has 1 N–H and O–H groups in total. The number of hydrogen-bond donors (Lipinski definition) is 1. The quantitative estimate of drug-likeness (QED) is 0.804. The van der Waals surface area contributed by atoms with Gasteiger partial charge in [0.15, 0.2) is 0 Å². The Morgan fingerprint density at radius 2 is 1.91 bits per heavy atom. The van der Waals surface area contributed by atoms with Gasteiger partial charge in [-0.3, -0.25) is 9.69 Å². The molecule has 0 saturated carbocycles. The Kier molecular flexibility index (Phi) is 6.36. The van der Waals surface area contributed by atoms with E-state index in [1.54, 1.807) is 13.2 Å². The van der Waals surface area contributed by atoms with Gasteiger partial charge < -0.3 is 5.32 Å². The maximum Gasteiger partial charge on any atom is 0.282 e. The lowest BCUT2D eigenvalue weighted by atomic mass is 10.1. The van der Waals surface area contributed by atoms with Crippen LogP contribution in [0.4, 0.5) is 5.69 Å². The van der Waals surface area contributed by atoms with Gasteiger partial charge in [0.2, 0.25) is 0 Å². The molecule has 23 heavy (non-hydrogen) atoms. The second-order valence-corrected chi connectivity index (χ2v) is 6.12. The minimum absolute atomic E-state index is 0.144. The van der Waals surface area contributed by atoms with Gasteiger partial charge >= 0.3 is 0 Å². The Morgan fingerprint density at radius 1 is 1.26 bits per heavy atom. The van der Waals surface area contributed by atoms with Crippen LogP contribution in [0.5, 0.6) is 0 Å². The predicted octanol–water partition coefficient (Wildman–Crippen LogP) is 3.04. The summed E-state index contributed by atoms with van der Waals surface area (Å²) < 4.78 is 1.83. The second kappa shape index (κ2) is 8.26. The highest BCUT2D eigenvalue weighted by atomic mass is 79.9. The maximum atomic E-state index is 12.0. The van der Waals surface area contributed by atoms with E-state index < -0.39 is 0 Å². The number of nitrogens with zero attached hydrogens (tertiary/aromatic N) is 3. The SMILES string of the molecule is CCN(CC)C(CNc1cnn(C)c(=O)c1Br)c1ccccc1. The molecular formula is C17H23BrN4O. The summed E-state index contributed by atoms with van der Waals surface area (Å²) >= 11 is 3.36. The van der Waals surface area contributed by atoms with Gasteiger partial charge in [-0.05, 0) is 34.6 Å². The van der Waals surface area contributed by atoms with Gasteiger partial charge in [0.05, 0.1) is 17.9 Å². The van der Waals surface area contributed by atoms with E-state index in [4.69, 9.17) is 0 Å². The van der Waals surface area contributed by atoms with Crippen molar-refractivity contribution in [1.29, 1.82) is 0 Å². The van der Waals surface area contributed by atoms with Gasteiger partial charge in [-0.2, -0.15) is 5.10 Å². The van der Waals surface area contributed by atoms with Crippen LogP contribution in [-0.4, -0.2) is 34.3 Å². The van der Waals surface area contributed by atoms with E-state index in [0.717, 1.165) is 18.8 Å². The number of halogens is 1. The molecule has 0 fully saturated rings. The second-order valence-electron chi connectivity index (χ2n) is 5.33. The fourth-order valence-corrected chi connectivity index (χ4v) is 3.14. The molecule has 0 aliphatic carbocycles. The van der Waals surface area contributed by atoms with E-state index in [2.05, 4.69) is 69.4 Å². The van der Waals surface area contributed by atoms with Crippen LogP contribution in [-0.2, 0) is 7.05 Å². The lowest BCUT2D eigenvalue weighted by Gasteiger charge is -2.30. The molecule has 5 nitrogen and oxygen atoms in total. The van der Waals surface area contributed by atoms with E-state index in [1.165, 1.54) is 10.2 Å². The summed E-state index contributed by atoms with van der Waals surface area (Å²) in [5, 5.41) is 7.44. The smallest absolute Gasteiger partial charge is 0.282 e. The maximum absolute atomic E-state index is 12.0. The van der Waals surface area contributed by atoms with Gasteiger partial charge in [0.1, 0.15) is 4.47 Å². The number of rotatable bonds is 7. The van der Waals surface area contributed by atoms with Crippen LogP contribution < -0.4 is 10.9 Å². The van der Waals surface area contributed by atoms with Crippen molar-refractivity contribution in [2.75, 3.05) is 25.0 Å². The number of benzene rings is 1. The van der Waals surface area contributed by atoms with Crippen molar-refractivity contribution in [1.82, 2.24) is 14.7 Å². The molecule has 1 atom stereocenters. The summed E-state index contributed by atoms with van der Waals surface area (Å²) in [4.78, 5) is 14.3. The highest BCUT2D eigenvalue weighted by Gasteiger charge is 2.18. The zero-order valence-electron chi connectivity index (χ0n) is 13.8. The van der Waals surface area contributed by atoms with Crippen molar-refractivity contribution in [3.63, 3.8) is 0 Å². The average Bonchev–Trinajstić information content (AvgIpc) is 2.59. The standard InChI is InChI=1S/C17H23BrN4O/c1-4-22(5-2)15(13-9-7-6-8-10-13)12-19-14-11-20-21(3)17(23)16(14)18/h6-11,15,19H,4-5,12H2,1-3H3. The van der Waals surface area contributed by atoms with Crippen LogP contribution in [0, 0.1) is 0 Å². The number of nitrogens with one attached hydrogen (secondary N) is 1. The third-order valence-corrected chi connectivity index (χ3v) is 4.77. The van der Waals surface area contributed by atoms with Crippen LogP contribution in [0.1, 0.15) is 25.5 Å². The topological polar surface area (TPSA) is 50.2 Å². The highest BCUT2D eigenvalue weighted by molar-refractivity contribution is 9.10. The molecule has 124 valence electrons. The first-order chi connectivity index (χ1) is 11.1. The molecule has 1 aromatic carbocycles. The molecule has 0 bridgehead atoms. The molecular weight excluding hydrogens is 356 g/mol. The first kappa shape index (κ1) is 17.7. The summed E-state index contributed by atoms with van der Waals surface area (Å²) in [7, 11) is 1.64. The first-order valence-electron chi connectivity index (χ1n) is 7.83. The molecule has 1 unspecified atom stereocenters. The molecule has 0 radical (unpaired) electrons. The van der Waals surface area contributed by atoms with Crippen molar-refractivity contribution in [3.8, 4) is 0 Å². The van der Waals surface area contributed by atoms with Crippen molar-refractivity contribution in [3.05, 3.63) is 56.9 Å². The Balaban J connectivity index is 2.22.